The molecule has 0 amide bonds. The number of benzene rings is 1. The van der Waals surface area contributed by atoms with Crippen molar-refractivity contribution in [3.63, 3.8) is 0 Å². The van der Waals surface area contributed by atoms with Crippen LogP contribution in [0.1, 0.15) is 25.7 Å². The first-order chi connectivity index (χ1) is 10.2. The molecule has 1 N–H and O–H groups in total. The van der Waals surface area contributed by atoms with Crippen LogP contribution in [0.15, 0.2) is 30.5 Å². The summed E-state index contributed by atoms with van der Waals surface area (Å²) in [5.74, 6) is 0.640. The van der Waals surface area contributed by atoms with Gasteiger partial charge in [-0.1, -0.05) is 24.3 Å². The number of carbonyl (C=O) groups is 1. The lowest BCUT2D eigenvalue weighted by Gasteiger charge is -2.33. The monoisotopic (exact) mass is 285 g/mol. The van der Waals surface area contributed by atoms with Crippen LogP contribution >= 0.6 is 0 Å². The molecule has 5 nitrogen and oxygen atoms in total. The Balaban J connectivity index is 1.80. The molecule has 0 saturated carbocycles. The SMILES string of the molecule is O=C(O)CCC1CCCN(c2nncc3ccccc23)C1. The van der Waals surface area contributed by atoms with Crippen molar-refractivity contribution in [1.29, 1.82) is 0 Å². The second kappa shape index (κ2) is 6.08. The predicted octanol–water partition coefficient (Wildman–Crippen LogP) is 2.71. The van der Waals surface area contributed by atoms with Crippen molar-refractivity contribution in [1.82, 2.24) is 10.2 Å². The summed E-state index contributed by atoms with van der Waals surface area (Å²) in [4.78, 5) is 13.0. The van der Waals surface area contributed by atoms with Crippen molar-refractivity contribution in [2.24, 2.45) is 5.92 Å². The van der Waals surface area contributed by atoms with Crippen molar-refractivity contribution >= 4 is 22.6 Å². The summed E-state index contributed by atoms with van der Waals surface area (Å²) in [6, 6.07) is 8.12. The van der Waals surface area contributed by atoms with E-state index in [1.165, 1.54) is 0 Å². The summed E-state index contributed by atoms with van der Waals surface area (Å²) < 4.78 is 0. The Bertz CT molecular complexity index is 639. The molecular formula is C16H19N3O2. The highest BCUT2D eigenvalue weighted by Gasteiger charge is 2.22. The maximum absolute atomic E-state index is 10.7. The van der Waals surface area contributed by atoms with Gasteiger partial charge in [0.1, 0.15) is 0 Å². The lowest BCUT2D eigenvalue weighted by Crippen LogP contribution is -2.36. The molecule has 1 fully saturated rings. The van der Waals surface area contributed by atoms with Gasteiger partial charge >= 0.3 is 5.97 Å². The van der Waals surface area contributed by atoms with Gasteiger partial charge in [0.25, 0.3) is 0 Å². The molecule has 110 valence electrons. The zero-order valence-electron chi connectivity index (χ0n) is 11.9. The van der Waals surface area contributed by atoms with E-state index in [1.807, 2.05) is 18.2 Å². The predicted molar refractivity (Wildman–Crippen MR) is 81.3 cm³/mol. The fourth-order valence-electron chi connectivity index (χ4n) is 3.07. The van der Waals surface area contributed by atoms with E-state index < -0.39 is 5.97 Å². The summed E-state index contributed by atoms with van der Waals surface area (Å²) in [6.07, 6.45) is 4.95. The zero-order valence-corrected chi connectivity index (χ0v) is 11.9. The van der Waals surface area contributed by atoms with Crippen LogP contribution in [-0.2, 0) is 4.79 Å². The van der Waals surface area contributed by atoms with Crippen LogP contribution in [-0.4, -0.2) is 34.4 Å². The highest BCUT2D eigenvalue weighted by Crippen LogP contribution is 2.29. The maximum Gasteiger partial charge on any atom is 0.303 e. The van der Waals surface area contributed by atoms with E-state index in [0.717, 1.165) is 48.9 Å². The van der Waals surface area contributed by atoms with Crippen molar-refractivity contribution in [3.05, 3.63) is 30.5 Å². The van der Waals surface area contributed by atoms with E-state index in [0.29, 0.717) is 5.92 Å². The fourth-order valence-corrected chi connectivity index (χ4v) is 3.07. The molecule has 5 heteroatoms. The minimum Gasteiger partial charge on any atom is -0.481 e. The number of fused-ring (bicyclic) bond motifs is 1. The van der Waals surface area contributed by atoms with Gasteiger partial charge in [-0.2, -0.15) is 5.10 Å². The average Bonchev–Trinajstić information content (AvgIpc) is 2.52. The Morgan fingerprint density at radius 1 is 1.38 bits per heavy atom. The molecule has 21 heavy (non-hydrogen) atoms. The second-order valence-electron chi connectivity index (χ2n) is 5.64. The average molecular weight is 285 g/mol. The van der Waals surface area contributed by atoms with Crippen LogP contribution in [0.2, 0.25) is 0 Å². The number of hydrogen-bond donors (Lipinski definition) is 1. The van der Waals surface area contributed by atoms with Gasteiger partial charge in [0.2, 0.25) is 0 Å². The number of rotatable bonds is 4. The van der Waals surface area contributed by atoms with Gasteiger partial charge in [-0.25, -0.2) is 0 Å². The van der Waals surface area contributed by atoms with Gasteiger partial charge in [-0.15, -0.1) is 5.10 Å². The third kappa shape index (κ3) is 3.12. The fraction of sp³-hybridized carbons (Fsp3) is 0.438. The van der Waals surface area contributed by atoms with Gasteiger partial charge in [0.05, 0.1) is 6.20 Å². The van der Waals surface area contributed by atoms with Crippen molar-refractivity contribution < 1.29 is 9.90 Å². The minimum absolute atomic E-state index is 0.250. The Morgan fingerprint density at radius 2 is 2.24 bits per heavy atom. The topological polar surface area (TPSA) is 66.3 Å². The number of carboxylic acids is 1. The van der Waals surface area contributed by atoms with Crippen LogP contribution in [0.4, 0.5) is 5.82 Å². The molecule has 1 aliphatic rings. The standard InChI is InChI=1S/C16H19N3O2/c20-15(21)8-7-12-4-3-9-19(11-12)16-14-6-2-1-5-13(14)10-17-18-16/h1-2,5-6,10,12H,3-4,7-9,11H2,(H,20,21). The first kappa shape index (κ1) is 13.8. The largest absolute Gasteiger partial charge is 0.481 e. The zero-order chi connectivity index (χ0) is 14.7. The second-order valence-corrected chi connectivity index (χ2v) is 5.64. The van der Waals surface area contributed by atoms with Crippen LogP contribution in [0.3, 0.4) is 0 Å². The van der Waals surface area contributed by atoms with Crippen LogP contribution in [0, 0.1) is 5.92 Å². The van der Waals surface area contributed by atoms with E-state index >= 15 is 0 Å². The maximum atomic E-state index is 10.7. The molecule has 1 aliphatic heterocycles. The van der Waals surface area contributed by atoms with Gasteiger partial charge in [0.15, 0.2) is 5.82 Å². The van der Waals surface area contributed by atoms with Crippen molar-refractivity contribution in [3.8, 4) is 0 Å². The normalized spacial score (nSPS) is 18.9. The third-order valence-corrected chi connectivity index (χ3v) is 4.14. The van der Waals surface area contributed by atoms with Gasteiger partial charge in [-0.3, -0.25) is 4.79 Å². The number of piperidine rings is 1. The molecule has 0 radical (unpaired) electrons. The molecule has 1 unspecified atom stereocenters. The number of aromatic nitrogens is 2. The van der Waals surface area contributed by atoms with Gasteiger partial charge < -0.3 is 10.0 Å². The lowest BCUT2D eigenvalue weighted by atomic mass is 9.93. The highest BCUT2D eigenvalue weighted by molar-refractivity contribution is 5.91. The first-order valence-corrected chi connectivity index (χ1v) is 7.41. The molecule has 0 spiro atoms. The number of aliphatic carboxylic acids is 1. The Kier molecular flexibility index (Phi) is 3.99. The molecule has 1 saturated heterocycles. The van der Waals surface area contributed by atoms with E-state index in [-0.39, 0.29) is 6.42 Å². The van der Waals surface area contributed by atoms with E-state index in [1.54, 1.807) is 6.20 Å². The summed E-state index contributed by atoms with van der Waals surface area (Å²) in [7, 11) is 0. The lowest BCUT2D eigenvalue weighted by molar-refractivity contribution is -0.137. The Morgan fingerprint density at radius 3 is 3.10 bits per heavy atom. The summed E-state index contributed by atoms with van der Waals surface area (Å²) in [5, 5.41) is 19.5. The number of hydrogen-bond acceptors (Lipinski definition) is 4. The van der Waals surface area contributed by atoms with Crippen LogP contribution < -0.4 is 4.90 Å². The van der Waals surface area contributed by atoms with Gasteiger partial charge in [-0.05, 0) is 25.2 Å². The van der Waals surface area contributed by atoms with E-state index in [4.69, 9.17) is 5.11 Å². The molecule has 2 aromatic rings. The molecule has 0 bridgehead atoms. The summed E-state index contributed by atoms with van der Waals surface area (Å²) >= 11 is 0. The molecule has 1 aromatic heterocycles. The molecule has 2 heterocycles. The minimum atomic E-state index is -0.711. The Hall–Kier alpha value is -2.17. The summed E-state index contributed by atoms with van der Waals surface area (Å²) in [5.41, 5.74) is 0. The number of carboxylic acid groups (broad SMARTS) is 1. The molecule has 0 aliphatic carbocycles. The van der Waals surface area contributed by atoms with Crippen LogP contribution in [0.5, 0.6) is 0 Å². The van der Waals surface area contributed by atoms with Crippen molar-refractivity contribution in [2.45, 2.75) is 25.7 Å². The van der Waals surface area contributed by atoms with Gasteiger partial charge in [0, 0.05) is 30.3 Å². The highest BCUT2D eigenvalue weighted by atomic mass is 16.4. The number of nitrogens with zero attached hydrogens (tertiary/aromatic N) is 3. The quantitative estimate of drug-likeness (QED) is 0.935. The number of anilines is 1. The molecule has 3 rings (SSSR count). The Labute approximate surface area is 123 Å². The van der Waals surface area contributed by atoms with Crippen molar-refractivity contribution in [2.75, 3.05) is 18.0 Å². The molecule has 1 atom stereocenters. The van der Waals surface area contributed by atoms with E-state index in [2.05, 4.69) is 21.2 Å². The first-order valence-electron chi connectivity index (χ1n) is 7.41. The smallest absolute Gasteiger partial charge is 0.303 e. The third-order valence-electron chi connectivity index (χ3n) is 4.14. The van der Waals surface area contributed by atoms with E-state index in [9.17, 15) is 4.79 Å². The molecule has 1 aromatic carbocycles. The van der Waals surface area contributed by atoms with Crippen LogP contribution in [0.25, 0.3) is 10.8 Å². The molecular weight excluding hydrogens is 266 g/mol. The summed E-state index contributed by atoms with van der Waals surface area (Å²) in [6.45, 7) is 1.84.